The SMILES string of the molecule is Cc1ccc(NCCCNC(=O)c2nn(C)cc2Cl)nc1. The maximum absolute atomic E-state index is 11.8. The first-order chi connectivity index (χ1) is 10.1. The van der Waals surface area contributed by atoms with E-state index >= 15 is 0 Å². The summed E-state index contributed by atoms with van der Waals surface area (Å²) in [5.41, 5.74) is 1.38. The van der Waals surface area contributed by atoms with Gasteiger partial charge in [-0.2, -0.15) is 5.10 Å². The molecule has 0 saturated carbocycles. The van der Waals surface area contributed by atoms with Crippen LogP contribution in [0, 0.1) is 6.92 Å². The van der Waals surface area contributed by atoms with Crippen molar-refractivity contribution in [2.45, 2.75) is 13.3 Å². The predicted octanol–water partition coefficient (Wildman–Crippen LogP) is 2.01. The number of amides is 1. The molecule has 0 radical (unpaired) electrons. The highest BCUT2D eigenvalue weighted by atomic mass is 35.5. The Morgan fingerprint density at radius 3 is 2.81 bits per heavy atom. The number of hydrogen-bond donors (Lipinski definition) is 2. The van der Waals surface area contributed by atoms with E-state index in [1.54, 1.807) is 13.2 Å². The van der Waals surface area contributed by atoms with E-state index < -0.39 is 0 Å². The number of pyridine rings is 1. The Bertz CT molecular complexity index is 608. The molecule has 0 fully saturated rings. The maximum Gasteiger partial charge on any atom is 0.273 e. The van der Waals surface area contributed by atoms with Crippen molar-refractivity contribution in [1.29, 1.82) is 0 Å². The van der Waals surface area contributed by atoms with Crippen LogP contribution in [0.5, 0.6) is 0 Å². The molecule has 2 N–H and O–H groups in total. The van der Waals surface area contributed by atoms with Gasteiger partial charge in [-0.3, -0.25) is 9.48 Å². The van der Waals surface area contributed by atoms with E-state index in [0.29, 0.717) is 11.6 Å². The number of halogens is 1. The van der Waals surface area contributed by atoms with Gasteiger partial charge in [0.25, 0.3) is 5.91 Å². The van der Waals surface area contributed by atoms with Crippen molar-refractivity contribution in [2.75, 3.05) is 18.4 Å². The van der Waals surface area contributed by atoms with E-state index in [1.165, 1.54) is 4.68 Å². The van der Waals surface area contributed by atoms with Gasteiger partial charge in [-0.25, -0.2) is 4.98 Å². The van der Waals surface area contributed by atoms with Crippen molar-refractivity contribution in [3.63, 3.8) is 0 Å². The highest BCUT2D eigenvalue weighted by Gasteiger charge is 2.13. The molecule has 7 heteroatoms. The van der Waals surface area contributed by atoms with Gasteiger partial charge in [0, 0.05) is 32.5 Å². The van der Waals surface area contributed by atoms with Crippen LogP contribution >= 0.6 is 11.6 Å². The molecule has 2 aromatic heterocycles. The van der Waals surface area contributed by atoms with Crippen molar-refractivity contribution in [1.82, 2.24) is 20.1 Å². The van der Waals surface area contributed by atoms with E-state index in [-0.39, 0.29) is 11.6 Å². The number of rotatable bonds is 6. The molecule has 1 amide bonds. The summed E-state index contributed by atoms with van der Waals surface area (Å²) in [5.74, 6) is 0.578. The fraction of sp³-hybridized carbons (Fsp3) is 0.357. The number of aryl methyl sites for hydroxylation is 2. The smallest absolute Gasteiger partial charge is 0.273 e. The number of nitrogens with zero attached hydrogens (tertiary/aromatic N) is 3. The van der Waals surface area contributed by atoms with Crippen molar-refractivity contribution >= 4 is 23.3 Å². The number of nitrogens with one attached hydrogen (secondary N) is 2. The molecule has 2 heterocycles. The normalized spacial score (nSPS) is 10.4. The van der Waals surface area contributed by atoms with Crippen molar-refractivity contribution in [2.24, 2.45) is 7.05 Å². The second-order valence-electron chi connectivity index (χ2n) is 4.76. The summed E-state index contributed by atoms with van der Waals surface area (Å²) in [4.78, 5) is 16.1. The van der Waals surface area contributed by atoms with Crippen LogP contribution in [0.2, 0.25) is 5.02 Å². The molecule has 6 nitrogen and oxygen atoms in total. The molecule has 0 unspecified atom stereocenters. The summed E-state index contributed by atoms with van der Waals surface area (Å²) < 4.78 is 1.52. The second kappa shape index (κ2) is 7.08. The Morgan fingerprint density at radius 2 is 2.19 bits per heavy atom. The van der Waals surface area contributed by atoms with Gasteiger partial charge in [0.05, 0.1) is 5.02 Å². The molecule has 0 aliphatic carbocycles. The second-order valence-corrected chi connectivity index (χ2v) is 5.16. The van der Waals surface area contributed by atoms with Gasteiger partial charge < -0.3 is 10.6 Å². The molecule has 0 aliphatic rings. The lowest BCUT2D eigenvalue weighted by Crippen LogP contribution is -2.26. The van der Waals surface area contributed by atoms with Gasteiger partial charge in [0.15, 0.2) is 5.69 Å². The summed E-state index contributed by atoms with van der Waals surface area (Å²) >= 11 is 5.91. The van der Waals surface area contributed by atoms with Crippen LogP contribution in [0.25, 0.3) is 0 Å². The lowest BCUT2D eigenvalue weighted by Gasteiger charge is -2.06. The number of carbonyl (C=O) groups excluding carboxylic acids is 1. The highest BCUT2D eigenvalue weighted by molar-refractivity contribution is 6.33. The molecular weight excluding hydrogens is 290 g/mol. The first kappa shape index (κ1) is 15.3. The fourth-order valence-electron chi connectivity index (χ4n) is 1.78. The predicted molar refractivity (Wildman–Crippen MR) is 82.6 cm³/mol. The van der Waals surface area contributed by atoms with E-state index in [2.05, 4.69) is 20.7 Å². The zero-order valence-corrected chi connectivity index (χ0v) is 12.8. The average molecular weight is 308 g/mol. The first-order valence-corrected chi connectivity index (χ1v) is 7.08. The number of hydrogen-bond acceptors (Lipinski definition) is 4. The minimum absolute atomic E-state index is 0.255. The summed E-state index contributed by atoms with van der Waals surface area (Å²) in [6, 6.07) is 3.93. The lowest BCUT2D eigenvalue weighted by molar-refractivity contribution is 0.0948. The molecule has 2 rings (SSSR count). The van der Waals surface area contributed by atoms with Gasteiger partial charge in [-0.05, 0) is 25.0 Å². The number of aromatic nitrogens is 3. The van der Waals surface area contributed by atoms with Crippen molar-refractivity contribution in [3.8, 4) is 0 Å². The van der Waals surface area contributed by atoms with Crippen LogP contribution in [0.4, 0.5) is 5.82 Å². The van der Waals surface area contributed by atoms with Crippen molar-refractivity contribution < 1.29 is 4.79 Å². The van der Waals surface area contributed by atoms with Crippen LogP contribution in [-0.2, 0) is 7.05 Å². The van der Waals surface area contributed by atoms with E-state index in [9.17, 15) is 4.79 Å². The molecular formula is C14H18ClN5O. The fourth-order valence-corrected chi connectivity index (χ4v) is 2.04. The lowest BCUT2D eigenvalue weighted by atomic mass is 10.3. The number of carbonyl (C=O) groups is 1. The standard InChI is InChI=1S/C14H18ClN5O/c1-10-4-5-12(18-8-10)16-6-3-7-17-14(21)13-11(15)9-20(2)19-13/h4-5,8-9H,3,6-7H2,1-2H3,(H,16,18)(H,17,21). The van der Waals surface area contributed by atoms with Gasteiger partial charge in [-0.15, -0.1) is 0 Å². The average Bonchev–Trinajstić information content (AvgIpc) is 2.79. The first-order valence-electron chi connectivity index (χ1n) is 6.70. The molecule has 0 bridgehead atoms. The molecule has 2 aromatic rings. The van der Waals surface area contributed by atoms with Crippen molar-refractivity contribution in [3.05, 3.63) is 40.8 Å². The quantitative estimate of drug-likeness (QED) is 0.801. The minimum atomic E-state index is -0.255. The number of anilines is 1. The topological polar surface area (TPSA) is 71.8 Å². The van der Waals surface area contributed by atoms with Gasteiger partial charge >= 0.3 is 0 Å². The van der Waals surface area contributed by atoms with E-state index in [0.717, 1.165) is 24.3 Å². The molecule has 0 spiro atoms. The summed E-state index contributed by atoms with van der Waals surface area (Å²) in [7, 11) is 1.72. The Balaban J connectivity index is 1.69. The molecule has 21 heavy (non-hydrogen) atoms. The van der Waals surface area contributed by atoms with Gasteiger partial charge in [-0.1, -0.05) is 17.7 Å². The van der Waals surface area contributed by atoms with Crippen LogP contribution in [-0.4, -0.2) is 33.8 Å². The summed E-state index contributed by atoms with van der Waals surface area (Å²) in [6.45, 7) is 3.27. The van der Waals surface area contributed by atoms with Gasteiger partial charge in [0.1, 0.15) is 5.82 Å². The molecule has 0 saturated heterocycles. The van der Waals surface area contributed by atoms with E-state index in [1.807, 2.05) is 25.3 Å². The van der Waals surface area contributed by atoms with Crippen LogP contribution in [0.1, 0.15) is 22.5 Å². The zero-order chi connectivity index (χ0) is 15.2. The van der Waals surface area contributed by atoms with E-state index in [4.69, 9.17) is 11.6 Å². The Hall–Kier alpha value is -2.08. The summed E-state index contributed by atoms with van der Waals surface area (Å²) in [6.07, 6.45) is 4.19. The Kier molecular flexibility index (Phi) is 5.16. The largest absolute Gasteiger partial charge is 0.370 e. The van der Waals surface area contributed by atoms with Crippen LogP contribution in [0.3, 0.4) is 0 Å². The van der Waals surface area contributed by atoms with Crippen LogP contribution in [0.15, 0.2) is 24.5 Å². The van der Waals surface area contributed by atoms with Gasteiger partial charge in [0.2, 0.25) is 0 Å². The highest BCUT2D eigenvalue weighted by Crippen LogP contribution is 2.12. The third kappa shape index (κ3) is 4.46. The summed E-state index contributed by atoms with van der Waals surface area (Å²) in [5, 5.41) is 10.4. The third-order valence-electron chi connectivity index (χ3n) is 2.86. The zero-order valence-electron chi connectivity index (χ0n) is 12.1. The van der Waals surface area contributed by atoms with Crippen LogP contribution < -0.4 is 10.6 Å². The molecule has 0 aromatic carbocycles. The molecule has 0 aliphatic heterocycles. The maximum atomic E-state index is 11.8. The minimum Gasteiger partial charge on any atom is -0.370 e. The molecule has 112 valence electrons. The monoisotopic (exact) mass is 307 g/mol. The molecule has 0 atom stereocenters. The Labute approximate surface area is 128 Å². The Morgan fingerprint density at radius 1 is 1.38 bits per heavy atom. The third-order valence-corrected chi connectivity index (χ3v) is 3.13.